The van der Waals surface area contributed by atoms with E-state index in [9.17, 15) is 5.11 Å². The monoisotopic (exact) mass is 262 g/mol. The van der Waals surface area contributed by atoms with Gasteiger partial charge in [0.05, 0.1) is 18.8 Å². The first-order valence-corrected chi connectivity index (χ1v) is 7.38. The van der Waals surface area contributed by atoms with Gasteiger partial charge in [0.25, 0.3) is 0 Å². The molecule has 1 fully saturated rings. The predicted octanol–water partition coefficient (Wildman–Crippen LogP) is 3.00. The van der Waals surface area contributed by atoms with E-state index >= 15 is 0 Å². The first kappa shape index (κ1) is 12.9. The third kappa shape index (κ3) is 3.10. The van der Waals surface area contributed by atoms with Crippen molar-refractivity contribution < 1.29 is 14.6 Å². The molecule has 1 aromatic carbocycles. The van der Waals surface area contributed by atoms with E-state index in [-0.39, 0.29) is 6.10 Å². The average Bonchev–Trinajstić information content (AvgIpc) is 3.05. The van der Waals surface area contributed by atoms with Gasteiger partial charge in [-0.1, -0.05) is 6.07 Å². The summed E-state index contributed by atoms with van der Waals surface area (Å²) in [4.78, 5) is 0. The van der Waals surface area contributed by atoms with Crippen molar-refractivity contribution in [2.45, 2.75) is 50.7 Å². The summed E-state index contributed by atoms with van der Waals surface area (Å²) in [6.45, 7) is 1.68. The minimum atomic E-state index is -0.274. The van der Waals surface area contributed by atoms with Crippen LogP contribution in [0.5, 0.6) is 5.75 Å². The lowest BCUT2D eigenvalue weighted by Gasteiger charge is -2.11. The SMILES string of the molecule is O[C@@H]1CCc2cc(OCCCC3CCCO3)ccc21. The van der Waals surface area contributed by atoms with E-state index in [0.717, 1.165) is 50.2 Å². The Morgan fingerprint density at radius 2 is 2.26 bits per heavy atom. The molecule has 0 radical (unpaired) electrons. The maximum absolute atomic E-state index is 9.75. The van der Waals surface area contributed by atoms with Crippen molar-refractivity contribution in [2.75, 3.05) is 13.2 Å². The Hall–Kier alpha value is -1.06. The highest BCUT2D eigenvalue weighted by Crippen LogP contribution is 2.33. The van der Waals surface area contributed by atoms with Gasteiger partial charge in [-0.2, -0.15) is 0 Å². The molecule has 3 heteroatoms. The summed E-state index contributed by atoms with van der Waals surface area (Å²) in [5, 5.41) is 9.75. The van der Waals surface area contributed by atoms with Gasteiger partial charge in [-0.05, 0) is 61.8 Å². The van der Waals surface area contributed by atoms with E-state index in [1.807, 2.05) is 12.1 Å². The lowest BCUT2D eigenvalue weighted by Crippen LogP contribution is -2.07. The standard InChI is InChI=1S/C16H22O3/c17-16-8-5-12-11-14(6-7-15(12)16)19-10-2-4-13-3-1-9-18-13/h6-7,11,13,16-17H,1-5,8-10H2/t13?,16-/m1/s1. The highest BCUT2D eigenvalue weighted by atomic mass is 16.5. The second kappa shape index (κ2) is 5.93. The molecular weight excluding hydrogens is 240 g/mol. The molecule has 2 aliphatic rings. The molecule has 0 aromatic heterocycles. The molecule has 104 valence electrons. The average molecular weight is 262 g/mol. The molecular formula is C16H22O3. The largest absolute Gasteiger partial charge is 0.494 e. The molecule has 1 unspecified atom stereocenters. The Kier molecular flexibility index (Phi) is 4.04. The summed E-state index contributed by atoms with van der Waals surface area (Å²) >= 11 is 0. The van der Waals surface area contributed by atoms with Crippen LogP contribution in [-0.4, -0.2) is 24.4 Å². The van der Waals surface area contributed by atoms with E-state index in [1.165, 1.54) is 18.4 Å². The van der Waals surface area contributed by atoms with Gasteiger partial charge in [-0.25, -0.2) is 0 Å². The normalized spacial score (nSPS) is 25.5. The third-order valence-electron chi connectivity index (χ3n) is 4.12. The first-order valence-electron chi connectivity index (χ1n) is 7.38. The van der Waals surface area contributed by atoms with Gasteiger partial charge in [0.15, 0.2) is 0 Å². The number of aryl methyl sites for hydroxylation is 1. The van der Waals surface area contributed by atoms with E-state index in [1.54, 1.807) is 0 Å². The molecule has 19 heavy (non-hydrogen) atoms. The number of aliphatic hydroxyl groups excluding tert-OH is 1. The molecule has 1 aliphatic heterocycles. The van der Waals surface area contributed by atoms with Crippen LogP contribution >= 0.6 is 0 Å². The van der Waals surface area contributed by atoms with Crippen LogP contribution in [0.15, 0.2) is 18.2 Å². The zero-order valence-electron chi connectivity index (χ0n) is 11.3. The van der Waals surface area contributed by atoms with Crippen molar-refractivity contribution in [1.29, 1.82) is 0 Å². The highest BCUT2D eigenvalue weighted by Gasteiger charge is 2.20. The van der Waals surface area contributed by atoms with Crippen LogP contribution < -0.4 is 4.74 Å². The molecule has 3 nitrogen and oxygen atoms in total. The van der Waals surface area contributed by atoms with Crippen LogP contribution in [0.4, 0.5) is 0 Å². The van der Waals surface area contributed by atoms with Crippen molar-refractivity contribution in [2.24, 2.45) is 0 Å². The second-order valence-electron chi connectivity index (χ2n) is 5.54. The second-order valence-corrected chi connectivity index (χ2v) is 5.54. The number of rotatable bonds is 5. The fourth-order valence-corrected chi connectivity index (χ4v) is 3.03. The van der Waals surface area contributed by atoms with Gasteiger partial charge in [0, 0.05) is 6.61 Å². The minimum absolute atomic E-state index is 0.274. The Morgan fingerprint density at radius 1 is 1.32 bits per heavy atom. The van der Waals surface area contributed by atoms with Gasteiger partial charge < -0.3 is 14.6 Å². The smallest absolute Gasteiger partial charge is 0.119 e. The van der Waals surface area contributed by atoms with Crippen molar-refractivity contribution in [3.05, 3.63) is 29.3 Å². The van der Waals surface area contributed by atoms with E-state index in [2.05, 4.69) is 6.07 Å². The number of aliphatic hydroxyl groups is 1. The van der Waals surface area contributed by atoms with Crippen LogP contribution in [0.1, 0.15) is 49.3 Å². The molecule has 0 saturated carbocycles. The van der Waals surface area contributed by atoms with Gasteiger partial charge >= 0.3 is 0 Å². The van der Waals surface area contributed by atoms with Crippen LogP contribution in [0.3, 0.4) is 0 Å². The molecule has 1 N–H and O–H groups in total. The Labute approximate surface area is 114 Å². The molecule has 1 aromatic rings. The highest BCUT2D eigenvalue weighted by molar-refractivity contribution is 5.39. The van der Waals surface area contributed by atoms with Gasteiger partial charge in [-0.3, -0.25) is 0 Å². The van der Waals surface area contributed by atoms with Crippen molar-refractivity contribution in [1.82, 2.24) is 0 Å². The Balaban J connectivity index is 1.45. The summed E-state index contributed by atoms with van der Waals surface area (Å²) < 4.78 is 11.4. The van der Waals surface area contributed by atoms with Crippen molar-refractivity contribution in [3.8, 4) is 5.75 Å². The van der Waals surface area contributed by atoms with E-state index in [0.29, 0.717) is 6.10 Å². The minimum Gasteiger partial charge on any atom is -0.494 e. The molecule has 1 heterocycles. The quantitative estimate of drug-likeness (QED) is 0.829. The molecule has 1 saturated heterocycles. The number of hydrogen-bond acceptors (Lipinski definition) is 3. The summed E-state index contributed by atoms with van der Waals surface area (Å²) in [5.41, 5.74) is 2.32. The number of fused-ring (bicyclic) bond motifs is 1. The zero-order chi connectivity index (χ0) is 13.1. The lowest BCUT2D eigenvalue weighted by atomic mass is 10.1. The molecule has 3 rings (SSSR count). The number of hydrogen-bond donors (Lipinski definition) is 1. The summed E-state index contributed by atoms with van der Waals surface area (Å²) in [6.07, 6.45) is 6.55. The first-order chi connectivity index (χ1) is 9.33. The number of ether oxygens (including phenoxy) is 2. The molecule has 0 bridgehead atoms. The lowest BCUT2D eigenvalue weighted by molar-refractivity contribution is 0.0981. The van der Waals surface area contributed by atoms with E-state index < -0.39 is 0 Å². The summed E-state index contributed by atoms with van der Waals surface area (Å²) in [6, 6.07) is 6.06. The fourth-order valence-electron chi connectivity index (χ4n) is 3.03. The zero-order valence-corrected chi connectivity index (χ0v) is 11.3. The van der Waals surface area contributed by atoms with E-state index in [4.69, 9.17) is 9.47 Å². The van der Waals surface area contributed by atoms with Crippen molar-refractivity contribution in [3.63, 3.8) is 0 Å². The maximum Gasteiger partial charge on any atom is 0.119 e. The van der Waals surface area contributed by atoms with Crippen LogP contribution in [0.2, 0.25) is 0 Å². The van der Waals surface area contributed by atoms with Crippen LogP contribution in [-0.2, 0) is 11.2 Å². The van der Waals surface area contributed by atoms with Gasteiger partial charge in [-0.15, -0.1) is 0 Å². The van der Waals surface area contributed by atoms with Crippen LogP contribution in [0, 0.1) is 0 Å². The summed E-state index contributed by atoms with van der Waals surface area (Å²) in [7, 11) is 0. The van der Waals surface area contributed by atoms with Crippen molar-refractivity contribution >= 4 is 0 Å². The van der Waals surface area contributed by atoms with Gasteiger partial charge in [0.2, 0.25) is 0 Å². The van der Waals surface area contributed by atoms with Gasteiger partial charge in [0.1, 0.15) is 5.75 Å². The molecule has 0 amide bonds. The Morgan fingerprint density at radius 3 is 3.11 bits per heavy atom. The molecule has 2 atom stereocenters. The fraction of sp³-hybridized carbons (Fsp3) is 0.625. The Bertz CT molecular complexity index is 424. The van der Waals surface area contributed by atoms with Crippen LogP contribution in [0.25, 0.3) is 0 Å². The number of benzene rings is 1. The topological polar surface area (TPSA) is 38.7 Å². The maximum atomic E-state index is 9.75. The summed E-state index contributed by atoms with van der Waals surface area (Å²) in [5.74, 6) is 0.931. The third-order valence-corrected chi connectivity index (χ3v) is 4.12. The predicted molar refractivity (Wildman–Crippen MR) is 73.4 cm³/mol. The molecule has 1 aliphatic carbocycles. The molecule has 0 spiro atoms.